The van der Waals surface area contributed by atoms with E-state index >= 15 is 0 Å². The van der Waals surface area contributed by atoms with Gasteiger partial charge in [0.05, 0.1) is 19.2 Å². The number of carbonyl (C=O) groups is 2. The highest BCUT2D eigenvalue weighted by Gasteiger charge is 2.35. The van der Waals surface area contributed by atoms with Crippen LogP contribution in [0.5, 0.6) is 17.2 Å². The third-order valence-electron chi connectivity index (χ3n) is 5.69. The summed E-state index contributed by atoms with van der Waals surface area (Å²) in [5, 5.41) is 0. The first-order chi connectivity index (χ1) is 16.5. The van der Waals surface area contributed by atoms with Gasteiger partial charge in [-0.2, -0.15) is 0 Å². The normalized spacial score (nSPS) is 14.9. The standard InChI is InChI=1S/C27H28N2O5/c1-3-22-26(30)29(17-19-6-4-7-20(16-19)27(31)32-2)25-23(8-5-9-24(25)34-22)33-21-12-10-18(11-13-21)14-15-28/h4-13,16,22H,3,14-15,17,28H2,1-2H3. The van der Waals surface area contributed by atoms with Crippen LogP contribution in [0.3, 0.4) is 0 Å². The van der Waals surface area contributed by atoms with Crippen molar-refractivity contribution < 1.29 is 23.8 Å². The summed E-state index contributed by atoms with van der Waals surface area (Å²) in [7, 11) is 1.34. The lowest BCUT2D eigenvalue weighted by Crippen LogP contribution is -2.45. The van der Waals surface area contributed by atoms with Gasteiger partial charge < -0.3 is 19.9 Å². The van der Waals surface area contributed by atoms with Gasteiger partial charge in [0, 0.05) is 0 Å². The number of nitrogens with two attached hydrogens (primary N) is 1. The third kappa shape index (κ3) is 4.89. The molecule has 1 heterocycles. The molecule has 1 amide bonds. The lowest BCUT2D eigenvalue weighted by atomic mass is 10.1. The molecule has 1 aliphatic rings. The summed E-state index contributed by atoms with van der Waals surface area (Å²) in [5.74, 6) is 1.15. The Kier molecular flexibility index (Phi) is 7.13. The fourth-order valence-electron chi connectivity index (χ4n) is 3.96. The quantitative estimate of drug-likeness (QED) is 0.499. The third-order valence-corrected chi connectivity index (χ3v) is 5.69. The Morgan fingerprint density at radius 2 is 1.82 bits per heavy atom. The van der Waals surface area contributed by atoms with Crippen LogP contribution in [-0.4, -0.2) is 31.6 Å². The first-order valence-corrected chi connectivity index (χ1v) is 11.3. The summed E-state index contributed by atoms with van der Waals surface area (Å²) in [6.45, 7) is 2.75. The average Bonchev–Trinajstić information content (AvgIpc) is 2.86. The highest BCUT2D eigenvalue weighted by Crippen LogP contribution is 2.44. The lowest BCUT2D eigenvalue weighted by molar-refractivity contribution is -0.126. The van der Waals surface area contributed by atoms with Gasteiger partial charge in [-0.1, -0.05) is 37.3 Å². The molecular formula is C27H28N2O5. The Morgan fingerprint density at radius 1 is 1.06 bits per heavy atom. The predicted octanol–water partition coefficient (Wildman–Crippen LogP) is 4.47. The van der Waals surface area contributed by atoms with Crippen molar-refractivity contribution in [2.24, 2.45) is 5.73 Å². The van der Waals surface area contributed by atoms with Crippen molar-refractivity contribution in [2.45, 2.75) is 32.4 Å². The van der Waals surface area contributed by atoms with Gasteiger partial charge in [-0.25, -0.2) is 4.79 Å². The molecule has 0 aromatic heterocycles. The number of hydrogen-bond acceptors (Lipinski definition) is 6. The van der Waals surface area contributed by atoms with Crippen LogP contribution in [0.4, 0.5) is 5.69 Å². The highest BCUT2D eigenvalue weighted by molar-refractivity contribution is 6.01. The molecule has 34 heavy (non-hydrogen) atoms. The van der Waals surface area contributed by atoms with Gasteiger partial charge in [0.1, 0.15) is 17.2 Å². The number of para-hydroxylation sites is 1. The molecule has 2 N–H and O–H groups in total. The second-order valence-corrected chi connectivity index (χ2v) is 8.02. The fourth-order valence-corrected chi connectivity index (χ4v) is 3.96. The molecule has 3 aromatic rings. The number of esters is 1. The lowest BCUT2D eigenvalue weighted by Gasteiger charge is -2.35. The van der Waals surface area contributed by atoms with Gasteiger partial charge in [-0.15, -0.1) is 0 Å². The van der Waals surface area contributed by atoms with Crippen molar-refractivity contribution in [3.05, 3.63) is 83.4 Å². The van der Waals surface area contributed by atoms with Gasteiger partial charge >= 0.3 is 5.97 Å². The predicted molar refractivity (Wildman–Crippen MR) is 129 cm³/mol. The van der Waals surface area contributed by atoms with Crippen molar-refractivity contribution in [3.63, 3.8) is 0 Å². The molecule has 4 rings (SSSR count). The van der Waals surface area contributed by atoms with Crippen molar-refractivity contribution in [3.8, 4) is 17.2 Å². The van der Waals surface area contributed by atoms with Gasteiger partial charge in [-0.3, -0.25) is 9.69 Å². The monoisotopic (exact) mass is 460 g/mol. The zero-order valence-corrected chi connectivity index (χ0v) is 19.3. The van der Waals surface area contributed by atoms with E-state index in [0.717, 1.165) is 17.5 Å². The van der Waals surface area contributed by atoms with E-state index in [2.05, 4.69) is 0 Å². The Hall–Kier alpha value is -3.84. The zero-order valence-electron chi connectivity index (χ0n) is 19.3. The number of amides is 1. The maximum atomic E-state index is 13.4. The number of rotatable bonds is 8. The maximum absolute atomic E-state index is 13.4. The van der Waals surface area contributed by atoms with Crippen LogP contribution in [0, 0.1) is 0 Å². The number of hydrogen-bond donors (Lipinski definition) is 1. The van der Waals surface area contributed by atoms with Gasteiger partial charge in [0.25, 0.3) is 5.91 Å². The van der Waals surface area contributed by atoms with E-state index in [1.54, 1.807) is 23.1 Å². The number of anilines is 1. The van der Waals surface area contributed by atoms with E-state index in [0.29, 0.717) is 41.5 Å². The number of methoxy groups -OCH3 is 1. The Labute approximate surface area is 199 Å². The molecule has 1 aliphatic heterocycles. The smallest absolute Gasteiger partial charge is 0.337 e. The van der Waals surface area contributed by atoms with Crippen LogP contribution in [0.1, 0.15) is 34.8 Å². The van der Waals surface area contributed by atoms with E-state index in [1.165, 1.54) is 7.11 Å². The minimum atomic E-state index is -0.595. The number of benzene rings is 3. The molecule has 7 heteroatoms. The minimum absolute atomic E-state index is 0.159. The molecule has 0 fully saturated rings. The van der Waals surface area contributed by atoms with Crippen LogP contribution < -0.4 is 20.1 Å². The molecule has 3 aromatic carbocycles. The molecule has 0 saturated carbocycles. The first-order valence-electron chi connectivity index (χ1n) is 11.3. The van der Waals surface area contributed by atoms with E-state index in [9.17, 15) is 9.59 Å². The van der Waals surface area contributed by atoms with E-state index in [4.69, 9.17) is 19.9 Å². The van der Waals surface area contributed by atoms with Crippen molar-refractivity contribution in [1.82, 2.24) is 0 Å². The van der Waals surface area contributed by atoms with E-state index in [1.807, 2.05) is 55.5 Å². The Balaban J connectivity index is 1.69. The number of nitrogens with zero attached hydrogens (tertiary/aromatic N) is 1. The van der Waals surface area contributed by atoms with Crippen molar-refractivity contribution in [2.75, 3.05) is 18.6 Å². The molecular weight excluding hydrogens is 432 g/mol. The molecule has 1 unspecified atom stereocenters. The van der Waals surface area contributed by atoms with Gasteiger partial charge in [0.15, 0.2) is 11.9 Å². The van der Waals surface area contributed by atoms with Crippen molar-refractivity contribution in [1.29, 1.82) is 0 Å². The van der Waals surface area contributed by atoms with E-state index < -0.39 is 12.1 Å². The summed E-state index contributed by atoms with van der Waals surface area (Å²) in [5.41, 5.74) is 8.54. The summed E-state index contributed by atoms with van der Waals surface area (Å²) in [6, 6.07) is 20.3. The molecule has 176 valence electrons. The summed E-state index contributed by atoms with van der Waals surface area (Å²) < 4.78 is 17.0. The first kappa shape index (κ1) is 23.3. The molecule has 0 bridgehead atoms. The number of ether oxygens (including phenoxy) is 3. The minimum Gasteiger partial charge on any atom is -0.478 e. The number of carbonyl (C=O) groups excluding carboxylic acids is 2. The SMILES string of the molecule is CCC1Oc2cccc(Oc3ccc(CCN)cc3)c2N(Cc2cccc(C(=O)OC)c2)C1=O. The van der Waals surface area contributed by atoms with Gasteiger partial charge in [0.2, 0.25) is 0 Å². The van der Waals surface area contributed by atoms with Crippen LogP contribution in [0.15, 0.2) is 66.7 Å². The Bertz CT molecular complexity index is 1180. The molecule has 0 spiro atoms. The summed E-state index contributed by atoms with van der Waals surface area (Å²) in [4.78, 5) is 27.0. The van der Waals surface area contributed by atoms with Crippen LogP contribution in [0.25, 0.3) is 0 Å². The molecule has 0 saturated heterocycles. The van der Waals surface area contributed by atoms with Crippen LogP contribution >= 0.6 is 0 Å². The maximum Gasteiger partial charge on any atom is 0.337 e. The molecule has 0 aliphatic carbocycles. The average molecular weight is 461 g/mol. The summed E-state index contributed by atoms with van der Waals surface area (Å²) in [6.07, 6.45) is 0.729. The Morgan fingerprint density at radius 3 is 2.53 bits per heavy atom. The summed E-state index contributed by atoms with van der Waals surface area (Å²) >= 11 is 0. The largest absolute Gasteiger partial charge is 0.478 e. The zero-order chi connectivity index (χ0) is 24.1. The molecule has 0 radical (unpaired) electrons. The van der Waals surface area contributed by atoms with Crippen LogP contribution in [0.2, 0.25) is 0 Å². The molecule has 1 atom stereocenters. The van der Waals surface area contributed by atoms with Gasteiger partial charge in [-0.05, 0) is 66.9 Å². The highest BCUT2D eigenvalue weighted by atomic mass is 16.5. The second-order valence-electron chi connectivity index (χ2n) is 8.02. The van der Waals surface area contributed by atoms with E-state index in [-0.39, 0.29) is 12.5 Å². The number of fused-ring (bicyclic) bond motifs is 1. The van der Waals surface area contributed by atoms with Crippen LogP contribution in [-0.2, 0) is 22.5 Å². The second kappa shape index (κ2) is 10.4. The fraction of sp³-hybridized carbons (Fsp3) is 0.259. The topological polar surface area (TPSA) is 91.1 Å². The molecule has 7 nitrogen and oxygen atoms in total. The van der Waals surface area contributed by atoms with Crippen molar-refractivity contribution >= 4 is 17.6 Å².